The van der Waals surface area contributed by atoms with Crippen molar-refractivity contribution in [2.45, 2.75) is 0 Å². The molecule has 0 aliphatic carbocycles. The summed E-state index contributed by atoms with van der Waals surface area (Å²) in [6, 6.07) is 21.2. The van der Waals surface area contributed by atoms with E-state index >= 15 is 0 Å². The van der Waals surface area contributed by atoms with E-state index in [4.69, 9.17) is 4.74 Å². The Morgan fingerprint density at radius 3 is 2.26 bits per heavy atom. The van der Waals surface area contributed by atoms with Crippen molar-refractivity contribution in [3.63, 3.8) is 0 Å². The van der Waals surface area contributed by atoms with Crippen molar-refractivity contribution < 1.29 is 22.7 Å². The van der Waals surface area contributed by atoms with Gasteiger partial charge in [-0.3, -0.25) is 9.10 Å². The first-order valence-electron chi connectivity index (χ1n) is 10.3. The van der Waals surface area contributed by atoms with Crippen LogP contribution in [0.25, 0.3) is 11.3 Å². The van der Waals surface area contributed by atoms with Crippen molar-refractivity contribution in [3.8, 4) is 0 Å². The van der Waals surface area contributed by atoms with Gasteiger partial charge >= 0.3 is 5.97 Å². The normalized spacial score (nSPS) is 14.1. The summed E-state index contributed by atoms with van der Waals surface area (Å²) in [4.78, 5) is 25.0. The summed E-state index contributed by atoms with van der Waals surface area (Å²) in [5.41, 5.74) is 4.48. The Labute approximate surface area is 197 Å². The van der Waals surface area contributed by atoms with Gasteiger partial charge in [0, 0.05) is 18.3 Å². The Kier molecular flexibility index (Phi) is 6.12. The van der Waals surface area contributed by atoms with Gasteiger partial charge in [-0.1, -0.05) is 36.4 Å². The van der Waals surface area contributed by atoms with E-state index in [1.807, 2.05) is 30.3 Å². The first kappa shape index (κ1) is 23.1. The quantitative estimate of drug-likeness (QED) is 0.413. The fraction of sp³-hybridized carbons (Fsp3) is 0.120. The predicted octanol–water partition coefficient (Wildman–Crippen LogP) is 3.80. The molecule has 3 aromatic carbocycles. The number of amides is 1. The van der Waals surface area contributed by atoms with Gasteiger partial charge in [0.15, 0.2) is 0 Å². The Morgan fingerprint density at radius 2 is 1.65 bits per heavy atom. The van der Waals surface area contributed by atoms with Crippen molar-refractivity contribution in [2.75, 3.05) is 35.4 Å². The number of hydrogen-bond acceptors (Lipinski definition) is 6. The molecule has 34 heavy (non-hydrogen) atoms. The summed E-state index contributed by atoms with van der Waals surface area (Å²) in [6.45, 7) is 0. The summed E-state index contributed by atoms with van der Waals surface area (Å²) in [5, 5.41) is 6.15. The molecule has 1 heterocycles. The predicted molar refractivity (Wildman–Crippen MR) is 133 cm³/mol. The van der Waals surface area contributed by atoms with Crippen LogP contribution in [-0.2, 0) is 19.6 Å². The molecule has 0 unspecified atom stereocenters. The Morgan fingerprint density at radius 1 is 0.971 bits per heavy atom. The van der Waals surface area contributed by atoms with E-state index in [9.17, 15) is 18.0 Å². The van der Waals surface area contributed by atoms with Gasteiger partial charge in [-0.2, -0.15) is 0 Å². The number of carbonyl (C=O) groups excluding carboxylic acids is 2. The number of methoxy groups -OCH3 is 1. The molecule has 0 saturated heterocycles. The highest BCUT2D eigenvalue weighted by atomic mass is 32.2. The molecule has 0 atom stereocenters. The van der Waals surface area contributed by atoms with Gasteiger partial charge in [0.1, 0.15) is 0 Å². The average Bonchev–Trinajstić information content (AvgIpc) is 3.16. The van der Waals surface area contributed by atoms with Gasteiger partial charge in [0.2, 0.25) is 10.0 Å². The summed E-state index contributed by atoms with van der Waals surface area (Å²) in [5.74, 6) is -0.799. The highest BCUT2D eigenvalue weighted by molar-refractivity contribution is 7.92. The summed E-state index contributed by atoms with van der Waals surface area (Å²) >= 11 is 0. The van der Waals surface area contributed by atoms with E-state index in [1.54, 1.807) is 42.5 Å². The third kappa shape index (κ3) is 4.51. The second kappa shape index (κ2) is 9.03. The number of anilines is 3. The van der Waals surface area contributed by atoms with Crippen LogP contribution in [-0.4, -0.2) is 40.7 Å². The highest BCUT2D eigenvalue weighted by Crippen LogP contribution is 2.38. The van der Waals surface area contributed by atoms with Crippen molar-refractivity contribution in [1.29, 1.82) is 0 Å². The first-order chi connectivity index (χ1) is 16.2. The van der Waals surface area contributed by atoms with Crippen LogP contribution in [0.4, 0.5) is 17.1 Å². The largest absolute Gasteiger partial charge is 0.465 e. The maximum absolute atomic E-state index is 13.0. The lowest BCUT2D eigenvalue weighted by molar-refractivity contribution is -0.110. The smallest absolute Gasteiger partial charge is 0.337 e. The highest BCUT2D eigenvalue weighted by Gasteiger charge is 2.29. The summed E-state index contributed by atoms with van der Waals surface area (Å²) in [6.07, 6.45) is 1.14. The molecule has 0 aromatic heterocycles. The summed E-state index contributed by atoms with van der Waals surface area (Å²) < 4.78 is 29.6. The molecular weight excluding hydrogens is 454 g/mol. The van der Waals surface area contributed by atoms with Gasteiger partial charge in [-0.05, 0) is 42.0 Å². The molecule has 1 aliphatic heterocycles. The molecule has 8 nitrogen and oxygen atoms in total. The number of benzene rings is 3. The van der Waals surface area contributed by atoms with Crippen LogP contribution in [0.5, 0.6) is 0 Å². The molecule has 0 spiro atoms. The standard InChI is InChI=1S/C25H23N3O5S/c1-28(34(3,31)32)19-12-10-18(11-13-19)26-23(16-7-5-4-6-8-16)22-20-14-9-17(25(30)33-2)15-21(20)27-24(22)29/h4-15,26H,1-3H3,(H,27,29)/b23-22-. The number of sulfonamides is 1. The third-order valence-electron chi connectivity index (χ3n) is 5.50. The van der Waals surface area contributed by atoms with Crippen LogP contribution in [0.3, 0.4) is 0 Å². The van der Waals surface area contributed by atoms with Crippen LogP contribution in [0.15, 0.2) is 72.8 Å². The number of ether oxygens (including phenoxy) is 1. The average molecular weight is 478 g/mol. The van der Waals surface area contributed by atoms with Gasteiger partial charge in [-0.15, -0.1) is 0 Å². The first-order valence-corrected chi connectivity index (χ1v) is 12.2. The fourth-order valence-corrected chi connectivity index (χ4v) is 4.14. The lowest BCUT2D eigenvalue weighted by Crippen LogP contribution is -2.24. The maximum atomic E-state index is 13.0. The van der Waals surface area contributed by atoms with Crippen molar-refractivity contribution in [1.82, 2.24) is 0 Å². The number of nitrogens with one attached hydrogen (secondary N) is 2. The molecule has 0 radical (unpaired) electrons. The number of esters is 1. The number of hydrogen-bond donors (Lipinski definition) is 2. The zero-order valence-corrected chi connectivity index (χ0v) is 19.6. The van der Waals surface area contributed by atoms with Crippen molar-refractivity contribution >= 4 is 50.2 Å². The minimum atomic E-state index is -3.38. The minimum Gasteiger partial charge on any atom is -0.465 e. The Balaban J connectivity index is 1.79. The topological polar surface area (TPSA) is 105 Å². The fourth-order valence-electron chi connectivity index (χ4n) is 3.64. The Hall–Kier alpha value is -4.11. The SMILES string of the molecule is COC(=O)c1ccc2c(c1)NC(=O)/C2=C(\Nc1ccc(N(C)S(C)(=O)=O)cc1)c1ccccc1. The molecular formula is C25H23N3O5S. The second-order valence-corrected chi connectivity index (χ2v) is 9.74. The van der Waals surface area contributed by atoms with Crippen LogP contribution in [0, 0.1) is 0 Å². The van der Waals surface area contributed by atoms with Gasteiger partial charge in [0.25, 0.3) is 5.91 Å². The lowest BCUT2D eigenvalue weighted by Gasteiger charge is -2.18. The van der Waals surface area contributed by atoms with Crippen LogP contribution >= 0.6 is 0 Å². The molecule has 0 fully saturated rings. The van der Waals surface area contributed by atoms with Crippen LogP contribution in [0.2, 0.25) is 0 Å². The molecule has 1 amide bonds. The molecule has 4 rings (SSSR count). The number of carbonyl (C=O) groups is 2. The molecule has 174 valence electrons. The second-order valence-electron chi connectivity index (χ2n) is 7.72. The maximum Gasteiger partial charge on any atom is 0.337 e. The van der Waals surface area contributed by atoms with E-state index in [0.29, 0.717) is 39.5 Å². The molecule has 9 heteroatoms. The Bertz CT molecular complexity index is 1400. The zero-order valence-electron chi connectivity index (χ0n) is 18.8. The molecule has 0 saturated carbocycles. The van der Waals surface area contributed by atoms with Crippen molar-refractivity contribution in [2.24, 2.45) is 0 Å². The third-order valence-corrected chi connectivity index (χ3v) is 6.70. The van der Waals surface area contributed by atoms with Gasteiger partial charge < -0.3 is 15.4 Å². The van der Waals surface area contributed by atoms with E-state index in [0.717, 1.165) is 11.8 Å². The molecule has 1 aliphatic rings. The monoisotopic (exact) mass is 477 g/mol. The van der Waals surface area contributed by atoms with Gasteiger partial charge in [-0.25, -0.2) is 13.2 Å². The van der Waals surface area contributed by atoms with E-state index in [2.05, 4.69) is 10.6 Å². The molecule has 0 bridgehead atoms. The van der Waals surface area contributed by atoms with E-state index in [-0.39, 0.29) is 5.91 Å². The summed E-state index contributed by atoms with van der Waals surface area (Å²) in [7, 11) is -0.597. The number of rotatable bonds is 6. The number of nitrogens with zero attached hydrogens (tertiary/aromatic N) is 1. The van der Waals surface area contributed by atoms with Crippen LogP contribution < -0.4 is 14.9 Å². The van der Waals surface area contributed by atoms with Gasteiger partial charge in [0.05, 0.1) is 41.6 Å². The molecule has 2 N–H and O–H groups in total. The molecule has 3 aromatic rings. The van der Waals surface area contributed by atoms with E-state index < -0.39 is 16.0 Å². The van der Waals surface area contributed by atoms with Crippen molar-refractivity contribution in [3.05, 3.63) is 89.5 Å². The number of fused-ring (bicyclic) bond motifs is 1. The van der Waals surface area contributed by atoms with E-state index in [1.165, 1.54) is 18.5 Å². The van der Waals surface area contributed by atoms with Crippen LogP contribution in [0.1, 0.15) is 21.5 Å². The minimum absolute atomic E-state index is 0.309. The zero-order chi connectivity index (χ0) is 24.5. The lowest BCUT2D eigenvalue weighted by atomic mass is 9.99.